The average molecular weight is 317 g/mol. The van der Waals surface area contributed by atoms with Crippen molar-refractivity contribution in [3.05, 3.63) is 59.8 Å². The standard InChI is InChI=1S/C18H24FN3O/c1-3-14(2)22-18(20-11-10-17-5-4-12-23-17)21-13-15-6-8-16(19)9-7-15/h4-9,12,14H,3,10-11,13H2,1-2H3,(H2,20,21,22). The Labute approximate surface area is 136 Å². The number of hydrogen-bond acceptors (Lipinski definition) is 2. The van der Waals surface area contributed by atoms with E-state index in [1.54, 1.807) is 18.4 Å². The summed E-state index contributed by atoms with van der Waals surface area (Å²) in [6.45, 7) is 5.48. The zero-order valence-electron chi connectivity index (χ0n) is 13.7. The van der Waals surface area contributed by atoms with Crippen LogP contribution in [-0.4, -0.2) is 18.5 Å². The topological polar surface area (TPSA) is 49.6 Å². The molecule has 0 amide bonds. The average Bonchev–Trinajstić information content (AvgIpc) is 3.07. The Morgan fingerprint density at radius 1 is 1.26 bits per heavy atom. The Morgan fingerprint density at radius 2 is 2.04 bits per heavy atom. The molecule has 1 aromatic heterocycles. The van der Waals surface area contributed by atoms with Gasteiger partial charge in [0.25, 0.3) is 0 Å². The molecule has 1 unspecified atom stereocenters. The fourth-order valence-electron chi connectivity index (χ4n) is 2.01. The lowest BCUT2D eigenvalue weighted by Crippen LogP contribution is -2.42. The minimum Gasteiger partial charge on any atom is -0.469 e. The highest BCUT2D eigenvalue weighted by Crippen LogP contribution is 2.04. The molecule has 4 nitrogen and oxygen atoms in total. The molecule has 0 aliphatic carbocycles. The van der Waals surface area contributed by atoms with Gasteiger partial charge in [-0.2, -0.15) is 0 Å². The lowest BCUT2D eigenvalue weighted by atomic mass is 10.2. The number of nitrogens with one attached hydrogen (secondary N) is 2. The first-order valence-corrected chi connectivity index (χ1v) is 7.99. The van der Waals surface area contributed by atoms with Gasteiger partial charge >= 0.3 is 0 Å². The summed E-state index contributed by atoms with van der Waals surface area (Å²) in [6, 6.07) is 10.6. The van der Waals surface area contributed by atoms with Gasteiger partial charge in [-0.05, 0) is 43.2 Å². The minimum atomic E-state index is -0.229. The maximum atomic E-state index is 12.9. The number of aliphatic imine (C=N–C) groups is 1. The predicted octanol–water partition coefficient (Wildman–Crippen LogP) is 3.50. The quantitative estimate of drug-likeness (QED) is 0.607. The molecule has 0 spiro atoms. The molecule has 124 valence electrons. The van der Waals surface area contributed by atoms with E-state index < -0.39 is 0 Å². The molecule has 0 saturated heterocycles. The number of rotatable bonds is 7. The first kappa shape index (κ1) is 17.1. The molecule has 5 heteroatoms. The molecule has 2 N–H and O–H groups in total. The zero-order valence-corrected chi connectivity index (χ0v) is 13.7. The van der Waals surface area contributed by atoms with Gasteiger partial charge in [0, 0.05) is 19.0 Å². The molecule has 2 rings (SSSR count). The molecule has 1 aromatic carbocycles. The maximum Gasteiger partial charge on any atom is 0.191 e. The van der Waals surface area contributed by atoms with Crippen molar-refractivity contribution in [2.45, 2.75) is 39.3 Å². The highest BCUT2D eigenvalue weighted by Gasteiger charge is 2.04. The van der Waals surface area contributed by atoms with Crippen LogP contribution in [-0.2, 0) is 13.0 Å². The largest absolute Gasteiger partial charge is 0.469 e. The van der Waals surface area contributed by atoms with Gasteiger partial charge in [-0.3, -0.25) is 0 Å². The van der Waals surface area contributed by atoms with Crippen molar-refractivity contribution in [2.24, 2.45) is 4.99 Å². The molecule has 0 aliphatic rings. The SMILES string of the molecule is CCC(C)NC(=NCc1ccc(F)cc1)NCCc1ccco1. The zero-order chi connectivity index (χ0) is 16.5. The summed E-state index contributed by atoms with van der Waals surface area (Å²) >= 11 is 0. The van der Waals surface area contributed by atoms with Crippen LogP contribution < -0.4 is 10.6 Å². The third-order valence-corrected chi connectivity index (χ3v) is 3.57. The number of hydrogen-bond donors (Lipinski definition) is 2. The van der Waals surface area contributed by atoms with Crippen LogP contribution in [0.4, 0.5) is 4.39 Å². The summed E-state index contributed by atoms with van der Waals surface area (Å²) in [7, 11) is 0. The number of nitrogens with zero attached hydrogens (tertiary/aromatic N) is 1. The molecular weight excluding hydrogens is 293 g/mol. The van der Waals surface area contributed by atoms with Gasteiger partial charge < -0.3 is 15.1 Å². The molecule has 0 radical (unpaired) electrons. The minimum absolute atomic E-state index is 0.229. The Kier molecular flexibility index (Phi) is 6.66. The second kappa shape index (κ2) is 8.98. The molecule has 2 aromatic rings. The first-order chi connectivity index (χ1) is 11.2. The van der Waals surface area contributed by atoms with E-state index in [9.17, 15) is 4.39 Å². The van der Waals surface area contributed by atoms with Gasteiger partial charge in [0.15, 0.2) is 5.96 Å². The molecule has 0 aliphatic heterocycles. The van der Waals surface area contributed by atoms with Crippen LogP contribution in [0.2, 0.25) is 0 Å². The van der Waals surface area contributed by atoms with Crippen molar-refractivity contribution in [3.63, 3.8) is 0 Å². The molecule has 0 fully saturated rings. The van der Waals surface area contributed by atoms with E-state index in [-0.39, 0.29) is 5.82 Å². The molecule has 1 atom stereocenters. The van der Waals surface area contributed by atoms with Crippen molar-refractivity contribution in [3.8, 4) is 0 Å². The first-order valence-electron chi connectivity index (χ1n) is 7.99. The Balaban J connectivity index is 1.91. The maximum absolute atomic E-state index is 12.9. The second-order valence-electron chi connectivity index (χ2n) is 5.50. The van der Waals surface area contributed by atoms with E-state index in [0.29, 0.717) is 12.6 Å². The van der Waals surface area contributed by atoms with Gasteiger partial charge in [0.05, 0.1) is 12.8 Å². The van der Waals surface area contributed by atoms with Crippen molar-refractivity contribution >= 4 is 5.96 Å². The molecular formula is C18H24FN3O. The van der Waals surface area contributed by atoms with E-state index in [1.807, 2.05) is 12.1 Å². The number of benzene rings is 1. The van der Waals surface area contributed by atoms with Crippen LogP contribution in [0.5, 0.6) is 0 Å². The predicted molar refractivity (Wildman–Crippen MR) is 90.8 cm³/mol. The van der Waals surface area contributed by atoms with Crippen LogP contribution in [0.25, 0.3) is 0 Å². The van der Waals surface area contributed by atoms with Gasteiger partial charge in [-0.25, -0.2) is 9.38 Å². The van der Waals surface area contributed by atoms with Crippen molar-refractivity contribution in [2.75, 3.05) is 6.54 Å². The number of halogens is 1. The Hall–Kier alpha value is -2.30. The molecule has 1 heterocycles. The normalized spacial score (nSPS) is 12.9. The summed E-state index contributed by atoms with van der Waals surface area (Å²) in [5, 5.41) is 6.67. The van der Waals surface area contributed by atoms with Crippen LogP contribution >= 0.6 is 0 Å². The van der Waals surface area contributed by atoms with E-state index in [2.05, 4.69) is 29.5 Å². The van der Waals surface area contributed by atoms with Gasteiger partial charge in [0.1, 0.15) is 11.6 Å². The van der Waals surface area contributed by atoms with Crippen molar-refractivity contribution in [1.82, 2.24) is 10.6 Å². The van der Waals surface area contributed by atoms with Gasteiger partial charge in [-0.15, -0.1) is 0 Å². The third kappa shape index (κ3) is 6.14. The fourth-order valence-corrected chi connectivity index (χ4v) is 2.01. The van der Waals surface area contributed by atoms with Gasteiger partial charge in [-0.1, -0.05) is 19.1 Å². The fraction of sp³-hybridized carbons (Fsp3) is 0.389. The lowest BCUT2D eigenvalue weighted by Gasteiger charge is -2.17. The lowest BCUT2D eigenvalue weighted by molar-refractivity contribution is 0.506. The summed E-state index contributed by atoms with van der Waals surface area (Å²) < 4.78 is 18.3. The van der Waals surface area contributed by atoms with E-state index >= 15 is 0 Å². The summed E-state index contributed by atoms with van der Waals surface area (Å²) in [6.07, 6.45) is 3.48. The third-order valence-electron chi connectivity index (χ3n) is 3.57. The smallest absolute Gasteiger partial charge is 0.191 e. The Morgan fingerprint density at radius 3 is 2.70 bits per heavy atom. The van der Waals surface area contributed by atoms with Crippen LogP contribution in [0.15, 0.2) is 52.1 Å². The Bertz CT molecular complexity index is 593. The van der Waals surface area contributed by atoms with Crippen LogP contribution in [0.1, 0.15) is 31.6 Å². The number of guanidine groups is 1. The molecule has 0 bridgehead atoms. The summed E-state index contributed by atoms with van der Waals surface area (Å²) in [4.78, 5) is 4.57. The summed E-state index contributed by atoms with van der Waals surface area (Å²) in [5.41, 5.74) is 0.975. The van der Waals surface area contributed by atoms with Crippen LogP contribution in [0.3, 0.4) is 0 Å². The highest BCUT2D eigenvalue weighted by molar-refractivity contribution is 5.80. The van der Waals surface area contributed by atoms with E-state index in [0.717, 1.165) is 36.7 Å². The highest BCUT2D eigenvalue weighted by atomic mass is 19.1. The van der Waals surface area contributed by atoms with E-state index in [4.69, 9.17) is 4.42 Å². The van der Waals surface area contributed by atoms with Crippen molar-refractivity contribution in [1.29, 1.82) is 0 Å². The van der Waals surface area contributed by atoms with Gasteiger partial charge in [0.2, 0.25) is 0 Å². The van der Waals surface area contributed by atoms with Crippen LogP contribution in [0, 0.1) is 5.82 Å². The summed E-state index contributed by atoms with van der Waals surface area (Å²) in [5.74, 6) is 1.47. The van der Waals surface area contributed by atoms with E-state index in [1.165, 1.54) is 12.1 Å². The monoisotopic (exact) mass is 317 g/mol. The molecule has 0 saturated carbocycles. The molecule has 23 heavy (non-hydrogen) atoms. The number of furan rings is 1. The second-order valence-corrected chi connectivity index (χ2v) is 5.50. The van der Waals surface area contributed by atoms with Crippen molar-refractivity contribution < 1.29 is 8.81 Å².